The van der Waals surface area contributed by atoms with Gasteiger partial charge in [-0.05, 0) is 37.3 Å². The summed E-state index contributed by atoms with van der Waals surface area (Å²) in [5, 5.41) is 9.54. The number of benzene rings is 1. The van der Waals surface area contributed by atoms with E-state index in [2.05, 4.69) is 0 Å². The van der Waals surface area contributed by atoms with Crippen LogP contribution in [0.5, 0.6) is 0 Å². The van der Waals surface area contributed by atoms with Crippen LogP contribution in [0.15, 0.2) is 18.2 Å². The highest BCUT2D eigenvalue weighted by atomic mass is 19.1. The summed E-state index contributed by atoms with van der Waals surface area (Å²) in [6.45, 7) is 1.19. The third kappa shape index (κ3) is 4.00. The van der Waals surface area contributed by atoms with Crippen LogP contribution in [-0.2, 0) is 11.2 Å². The highest BCUT2D eigenvalue weighted by molar-refractivity contribution is 5.76. The van der Waals surface area contributed by atoms with Crippen LogP contribution in [0.4, 0.5) is 8.78 Å². The number of carbonyl (C=O) groups excluding carboxylic acids is 1. The zero-order valence-electron chi connectivity index (χ0n) is 11.3. The molecule has 1 N–H and O–H groups in total. The lowest BCUT2D eigenvalue weighted by atomic mass is 10.1. The number of aryl methyl sites for hydroxylation is 1. The first kappa shape index (κ1) is 14.9. The van der Waals surface area contributed by atoms with Crippen molar-refractivity contribution < 1.29 is 18.7 Å². The molecule has 0 aromatic heterocycles. The molecule has 1 atom stereocenters. The van der Waals surface area contributed by atoms with E-state index in [0.29, 0.717) is 25.1 Å². The van der Waals surface area contributed by atoms with Gasteiger partial charge in [0.05, 0.1) is 6.10 Å². The van der Waals surface area contributed by atoms with Crippen molar-refractivity contribution in [2.75, 3.05) is 13.1 Å². The van der Waals surface area contributed by atoms with Crippen LogP contribution in [0.3, 0.4) is 0 Å². The normalized spacial score (nSPS) is 19.8. The molecule has 110 valence electrons. The monoisotopic (exact) mass is 283 g/mol. The second-order valence-corrected chi connectivity index (χ2v) is 5.20. The first-order valence-corrected chi connectivity index (χ1v) is 6.96. The van der Waals surface area contributed by atoms with E-state index < -0.39 is 11.6 Å². The predicted molar refractivity (Wildman–Crippen MR) is 71.1 cm³/mol. The summed E-state index contributed by atoms with van der Waals surface area (Å²) in [4.78, 5) is 13.8. The van der Waals surface area contributed by atoms with Gasteiger partial charge >= 0.3 is 0 Å². The van der Waals surface area contributed by atoms with Gasteiger partial charge in [0, 0.05) is 25.6 Å². The maximum Gasteiger partial charge on any atom is 0.222 e. The zero-order chi connectivity index (χ0) is 14.5. The van der Waals surface area contributed by atoms with Crippen molar-refractivity contribution >= 4 is 5.91 Å². The van der Waals surface area contributed by atoms with E-state index in [1.54, 1.807) is 4.90 Å². The maximum absolute atomic E-state index is 13.5. The van der Waals surface area contributed by atoms with Gasteiger partial charge in [-0.2, -0.15) is 0 Å². The number of likely N-dealkylation sites (tertiary alicyclic amines) is 1. The molecule has 1 saturated heterocycles. The average molecular weight is 283 g/mol. The summed E-state index contributed by atoms with van der Waals surface area (Å²) >= 11 is 0. The smallest absolute Gasteiger partial charge is 0.222 e. The lowest BCUT2D eigenvalue weighted by Crippen LogP contribution is -2.32. The van der Waals surface area contributed by atoms with Crippen molar-refractivity contribution in [3.8, 4) is 0 Å². The first-order chi connectivity index (χ1) is 9.56. The number of aliphatic hydroxyl groups is 1. The van der Waals surface area contributed by atoms with Crippen LogP contribution < -0.4 is 0 Å². The molecule has 1 amide bonds. The van der Waals surface area contributed by atoms with Gasteiger partial charge in [-0.3, -0.25) is 4.79 Å². The third-order valence-corrected chi connectivity index (χ3v) is 3.67. The summed E-state index contributed by atoms with van der Waals surface area (Å²) in [5.41, 5.74) is 0.356. The molecule has 0 bridgehead atoms. The molecule has 1 unspecified atom stereocenters. The fourth-order valence-electron chi connectivity index (χ4n) is 2.45. The SMILES string of the molecule is O=C(CCc1ccc(F)cc1F)N1CCCC(O)CC1. The Morgan fingerprint density at radius 3 is 2.85 bits per heavy atom. The Kier molecular flexibility index (Phi) is 5.06. The largest absolute Gasteiger partial charge is 0.393 e. The van der Waals surface area contributed by atoms with Crippen LogP contribution in [-0.4, -0.2) is 35.1 Å². The van der Waals surface area contributed by atoms with E-state index in [4.69, 9.17) is 0 Å². The number of aliphatic hydroxyl groups excluding tert-OH is 1. The minimum absolute atomic E-state index is 0.0391. The lowest BCUT2D eigenvalue weighted by molar-refractivity contribution is -0.131. The van der Waals surface area contributed by atoms with Gasteiger partial charge < -0.3 is 10.0 Å². The van der Waals surface area contributed by atoms with Crippen LogP contribution in [0, 0.1) is 11.6 Å². The van der Waals surface area contributed by atoms with Gasteiger partial charge in [-0.25, -0.2) is 8.78 Å². The molecule has 3 nitrogen and oxygen atoms in total. The van der Waals surface area contributed by atoms with Crippen molar-refractivity contribution in [1.29, 1.82) is 0 Å². The predicted octanol–water partition coefficient (Wildman–Crippen LogP) is 2.27. The Bertz CT molecular complexity index is 479. The quantitative estimate of drug-likeness (QED) is 0.924. The van der Waals surface area contributed by atoms with Crippen molar-refractivity contribution in [3.05, 3.63) is 35.4 Å². The molecule has 2 rings (SSSR count). The Morgan fingerprint density at radius 2 is 2.10 bits per heavy atom. The topological polar surface area (TPSA) is 40.5 Å². The fourth-order valence-corrected chi connectivity index (χ4v) is 2.45. The van der Waals surface area contributed by atoms with Gasteiger partial charge in [-0.15, -0.1) is 0 Å². The molecule has 1 aliphatic rings. The second-order valence-electron chi connectivity index (χ2n) is 5.20. The second kappa shape index (κ2) is 6.79. The Labute approximate surface area is 117 Å². The first-order valence-electron chi connectivity index (χ1n) is 6.96. The van der Waals surface area contributed by atoms with E-state index in [9.17, 15) is 18.7 Å². The fraction of sp³-hybridized carbons (Fsp3) is 0.533. The molecule has 5 heteroatoms. The number of rotatable bonds is 3. The molecule has 1 aromatic carbocycles. The third-order valence-electron chi connectivity index (χ3n) is 3.67. The Balaban J connectivity index is 1.88. The summed E-state index contributed by atoms with van der Waals surface area (Å²) in [6.07, 6.45) is 2.25. The number of hydrogen-bond acceptors (Lipinski definition) is 2. The maximum atomic E-state index is 13.5. The van der Waals surface area contributed by atoms with Crippen molar-refractivity contribution in [1.82, 2.24) is 4.90 Å². The molecular weight excluding hydrogens is 264 g/mol. The van der Waals surface area contributed by atoms with E-state index in [1.807, 2.05) is 0 Å². The number of hydrogen-bond donors (Lipinski definition) is 1. The summed E-state index contributed by atoms with van der Waals surface area (Å²) < 4.78 is 26.2. The average Bonchev–Trinajstić information content (AvgIpc) is 2.62. The van der Waals surface area contributed by atoms with E-state index in [1.165, 1.54) is 12.1 Å². The highest BCUT2D eigenvalue weighted by Gasteiger charge is 2.19. The molecule has 1 fully saturated rings. The van der Waals surface area contributed by atoms with E-state index in [-0.39, 0.29) is 24.9 Å². The minimum Gasteiger partial charge on any atom is -0.393 e. The molecule has 20 heavy (non-hydrogen) atoms. The van der Waals surface area contributed by atoms with Crippen LogP contribution >= 0.6 is 0 Å². The number of carbonyl (C=O) groups is 1. The molecular formula is C15H19F2NO2. The summed E-state index contributed by atoms with van der Waals surface area (Å²) in [7, 11) is 0. The minimum atomic E-state index is -0.612. The van der Waals surface area contributed by atoms with Gasteiger partial charge in [0.1, 0.15) is 11.6 Å². The Morgan fingerprint density at radius 1 is 1.30 bits per heavy atom. The molecule has 1 heterocycles. The van der Waals surface area contributed by atoms with Gasteiger partial charge in [-0.1, -0.05) is 6.07 Å². The van der Waals surface area contributed by atoms with Gasteiger partial charge in [0.2, 0.25) is 5.91 Å². The Hall–Kier alpha value is -1.49. The van der Waals surface area contributed by atoms with Crippen molar-refractivity contribution in [2.45, 2.75) is 38.2 Å². The summed E-state index contributed by atoms with van der Waals surface area (Å²) in [6, 6.07) is 3.41. The van der Waals surface area contributed by atoms with Crippen LogP contribution in [0.2, 0.25) is 0 Å². The number of halogens is 2. The van der Waals surface area contributed by atoms with Gasteiger partial charge in [0.25, 0.3) is 0 Å². The molecule has 0 aliphatic carbocycles. The van der Waals surface area contributed by atoms with Gasteiger partial charge in [0.15, 0.2) is 0 Å². The van der Waals surface area contributed by atoms with E-state index >= 15 is 0 Å². The standard InChI is InChI=1S/C15H19F2NO2/c16-12-5-3-11(14(17)10-12)4-6-15(20)18-8-1-2-13(19)7-9-18/h3,5,10,13,19H,1-2,4,6-9H2. The van der Waals surface area contributed by atoms with Crippen molar-refractivity contribution in [2.24, 2.45) is 0 Å². The number of amides is 1. The summed E-state index contributed by atoms with van der Waals surface area (Å²) in [5.74, 6) is -1.26. The van der Waals surface area contributed by atoms with E-state index in [0.717, 1.165) is 18.9 Å². The molecule has 1 aromatic rings. The molecule has 1 aliphatic heterocycles. The lowest BCUT2D eigenvalue weighted by Gasteiger charge is -2.20. The van der Waals surface area contributed by atoms with Crippen molar-refractivity contribution in [3.63, 3.8) is 0 Å². The zero-order valence-corrected chi connectivity index (χ0v) is 11.3. The highest BCUT2D eigenvalue weighted by Crippen LogP contribution is 2.15. The molecule has 0 saturated carbocycles. The molecule has 0 spiro atoms. The van der Waals surface area contributed by atoms with Crippen LogP contribution in [0.25, 0.3) is 0 Å². The molecule has 0 radical (unpaired) electrons. The van der Waals surface area contributed by atoms with Crippen LogP contribution in [0.1, 0.15) is 31.2 Å². The number of nitrogens with zero attached hydrogens (tertiary/aromatic N) is 1.